The fourth-order valence-electron chi connectivity index (χ4n) is 2.42. The number of hydrogen-bond acceptors (Lipinski definition) is 4. The zero-order valence-electron chi connectivity index (χ0n) is 12.0. The maximum atomic E-state index is 12.0. The lowest BCUT2D eigenvalue weighted by molar-refractivity contribution is -0.131. The van der Waals surface area contributed by atoms with E-state index in [1.165, 1.54) is 6.42 Å². The van der Waals surface area contributed by atoms with E-state index < -0.39 is 0 Å². The van der Waals surface area contributed by atoms with Gasteiger partial charge in [-0.05, 0) is 31.4 Å². The van der Waals surface area contributed by atoms with Crippen molar-refractivity contribution in [1.29, 1.82) is 0 Å². The van der Waals surface area contributed by atoms with E-state index in [2.05, 4.69) is 5.32 Å². The van der Waals surface area contributed by atoms with Crippen LogP contribution < -0.4 is 15.8 Å². The number of rotatable bonds is 5. The highest BCUT2D eigenvalue weighted by atomic mass is 16.5. The molecule has 1 aromatic rings. The second-order valence-corrected chi connectivity index (χ2v) is 5.07. The molecule has 0 spiro atoms. The smallest absolute Gasteiger partial charge is 0.224 e. The maximum absolute atomic E-state index is 12.0. The molecular formula is C15H23N3O2. The average molecular weight is 277 g/mol. The molecule has 1 aliphatic rings. The quantitative estimate of drug-likeness (QED) is 0.809. The Kier molecular flexibility index (Phi) is 5.09. The summed E-state index contributed by atoms with van der Waals surface area (Å²) in [5, 5.41) is 3.21. The summed E-state index contributed by atoms with van der Waals surface area (Å²) in [5.74, 6) is 0.975. The molecule has 110 valence electrons. The molecule has 1 fully saturated rings. The first kappa shape index (κ1) is 14.5. The van der Waals surface area contributed by atoms with Crippen LogP contribution in [0.3, 0.4) is 0 Å². The molecule has 1 amide bonds. The molecule has 0 bridgehead atoms. The van der Waals surface area contributed by atoms with Gasteiger partial charge in [0.1, 0.15) is 5.75 Å². The molecule has 0 saturated carbocycles. The molecule has 1 aromatic carbocycles. The number of amides is 1. The molecule has 0 unspecified atom stereocenters. The Balaban J connectivity index is 1.81. The lowest BCUT2D eigenvalue weighted by Crippen LogP contribution is -2.36. The van der Waals surface area contributed by atoms with E-state index in [0.717, 1.165) is 37.4 Å². The Hall–Kier alpha value is -1.91. The zero-order chi connectivity index (χ0) is 14.4. The summed E-state index contributed by atoms with van der Waals surface area (Å²) in [6.45, 7) is 2.40. The Bertz CT molecular complexity index is 456. The number of carbonyl (C=O) groups is 1. The van der Waals surface area contributed by atoms with Crippen molar-refractivity contribution in [1.82, 2.24) is 4.90 Å². The second-order valence-electron chi connectivity index (χ2n) is 5.07. The largest absolute Gasteiger partial charge is 0.497 e. The Morgan fingerprint density at radius 2 is 2.10 bits per heavy atom. The van der Waals surface area contributed by atoms with Crippen molar-refractivity contribution in [2.45, 2.75) is 25.7 Å². The highest BCUT2D eigenvalue weighted by molar-refractivity contribution is 5.77. The normalized spacial score (nSPS) is 14.9. The topological polar surface area (TPSA) is 67.6 Å². The molecule has 0 atom stereocenters. The number of anilines is 2. The minimum atomic E-state index is 0.221. The predicted molar refractivity (Wildman–Crippen MR) is 80.9 cm³/mol. The molecule has 3 N–H and O–H groups in total. The Labute approximate surface area is 120 Å². The van der Waals surface area contributed by atoms with Gasteiger partial charge < -0.3 is 20.7 Å². The van der Waals surface area contributed by atoms with Crippen LogP contribution in [-0.2, 0) is 4.79 Å². The molecule has 0 aliphatic carbocycles. The average Bonchev–Trinajstić information content (AvgIpc) is 2.50. The standard InChI is InChI=1S/C15H23N3O2/c1-20-12-5-6-13(16)14(11-12)17-8-7-15(19)18-9-3-2-4-10-18/h5-6,11,17H,2-4,7-10,16H2,1H3. The highest BCUT2D eigenvalue weighted by Gasteiger charge is 2.15. The number of carbonyl (C=O) groups excluding carboxylic acids is 1. The SMILES string of the molecule is COc1ccc(N)c(NCCC(=O)N2CCCCC2)c1. The number of hydrogen-bond donors (Lipinski definition) is 2. The van der Waals surface area contributed by atoms with Gasteiger partial charge in [0.2, 0.25) is 5.91 Å². The number of ether oxygens (including phenoxy) is 1. The van der Waals surface area contributed by atoms with Crippen molar-refractivity contribution >= 4 is 17.3 Å². The Morgan fingerprint density at radius 1 is 1.35 bits per heavy atom. The summed E-state index contributed by atoms with van der Waals surface area (Å²) in [7, 11) is 1.62. The van der Waals surface area contributed by atoms with E-state index in [1.54, 1.807) is 13.2 Å². The molecule has 0 radical (unpaired) electrons. The van der Waals surface area contributed by atoms with Crippen molar-refractivity contribution < 1.29 is 9.53 Å². The number of methoxy groups -OCH3 is 1. The Morgan fingerprint density at radius 3 is 2.80 bits per heavy atom. The molecule has 5 heteroatoms. The van der Waals surface area contributed by atoms with Crippen molar-refractivity contribution in [3.05, 3.63) is 18.2 Å². The van der Waals surface area contributed by atoms with Gasteiger partial charge in [-0.1, -0.05) is 0 Å². The van der Waals surface area contributed by atoms with Crippen molar-refractivity contribution in [2.75, 3.05) is 37.8 Å². The fourth-order valence-corrected chi connectivity index (χ4v) is 2.42. The zero-order valence-corrected chi connectivity index (χ0v) is 12.0. The van der Waals surface area contributed by atoms with Crippen LogP contribution in [-0.4, -0.2) is 37.6 Å². The lowest BCUT2D eigenvalue weighted by atomic mass is 10.1. The molecule has 5 nitrogen and oxygen atoms in total. The van der Waals surface area contributed by atoms with E-state index in [4.69, 9.17) is 10.5 Å². The minimum absolute atomic E-state index is 0.221. The minimum Gasteiger partial charge on any atom is -0.497 e. The number of nitrogen functional groups attached to an aromatic ring is 1. The third kappa shape index (κ3) is 3.79. The summed E-state index contributed by atoms with van der Waals surface area (Å²) < 4.78 is 5.16. The first-order valence-corrected chi connectivity index (χ1v) is 7.16. The van der Waals surface area contributed by atoms with Crippen LogP contribution in [0.15, 0.2) is 18.2 Å². The second kappa shape index (κ2) is 7.03. The van der Waals surface area contributed by atoms with Crippen LogP contribution >= 0.6 is 0 Å². The monoisotopic (exact) mass is 277 g/mol. The first-order chi connectivity index (χ1) is 9.70. The van der Waals surface area contributed by atoms with Crippen LogP contribution in [0.4, 0.5) is 11.4 Å². The highest BCUT2D eigenvalue weighted by Crippen LogP contribution is 2.24. The molecule has 0 aromatic heterocycles. The number of nitrogens with two attached hydrogens (primary N) is 1. The molecule has 2 rings (SSSR count). The number of nitrogens with zero attached hydrogens (tertiary/aromatic N) is 1. The van der Waals surface area contributed by atoms with Crippen LogP contribution in [0.25, 0.3) is 0 Å². The predicted octanol–water partition coefficient (Wildman–Crippen LogP) is 2.09. The van der Waals surface area contributed by atoms with Gasteiger partial charge in [-0.2, -0.15) is 0 Å². The maximum Gasteiger partial charge on any atom is 0.224 e. The number of piperidine rings is 1. The third-order valence-electron chi connectivity index (χ3n) is 3.62. The van der Waals surface area contributed by atoms with Crippen LogP contribution in [0.2, 0.25) is 0 Å². The van der Waals surface area contributed by atoms with Crippen LogP contribution in [0.1, 0.15) is 25.7 Å². The van der Waals surface area contributed by atoms with Gasteiger partial charge in [0, 0.05) is 32.1 Å². The fraction of sp³-hybridized carbons (Fsp3) is 0.533. The lowest BCUT2D eigenvalue weighted by Gasteiger charge is -2.26. The van der Waals surface area contributed by atoms with E-state index >= 15 is 0 Å². The van der Waals surface area contributed by atoms with E-state index in [9.17, 15) is 4.79 Å². The van der Waals surface area contributed by atoms with Crippen molar-refractivity contribution in [2.24, 2.45) is 0 Å². The van der Waals surface area contributed by atoms with Crippen LogP contribution in [0.5, 0.6) is 5.75 Å². The summed E-state index contributed by atoms with van der Waals surface area (Å²) in [6, 6.07) is 5.47. The van der Waals surface area contributed by atoms with Crippen molar-refractivity contribution in [3.63, 3.8) is 0 Å². The summed E-state index contributed by atoms with van der Waals surface area (Å²) >= 11 is 0. The van der Waals surface area contributed by atoms with Gasteiger partial charge in [-0.25, -0.2) is 0 Å². The van der Waals surface area contributed by atoms with E-state index in [-0.39, 0.29) is 5.91 Å². The van der Waals surface area contributed by atoms with Gasteiger partial charge in [0.25, 0.3) is 0 Å². The van der Waals surface area contributed by atoms with E-state index in [1.807, 2.05) is 17.0 Å². The number of benzene rings is 1. The summed E-state index contributed by atoms with van der Waals surface area (Å²) in [6.07, 6.45) is 3.99. The van der Waals surface area contributed by atoms with Crippen molar-refractivity contribution in [3.8, 4) is 5.75 Å². The molecule has 1 heterocycles. The molecular weight excluding hydrogens is 254 g/mol. The van der Waals surface area contributed by atoms with Gasteiger partial charge in [-0.3, -0.25) is 4.79 Å². The van der Waals surface area contributed by atoms with E-state index in [0.29, 0.717) is 18.7 Å². The number of likely N-dealkylation sites (tertiary alicyclic amines) is 1. The van der Waals surface area contributed by atoms with Crippen LogP contribution in [0, 0.1) is 0 Å². The number of nitrogens with one attached hydrogen (secondary N) is 1. The summed E-state index contributed by atoms with van der Waals surface area (Å²) in [5.41, 5.74) is 7.37. The molecule has 20 heavy (non-hydrogen) atoms. The molecule has 1 aliphatic heterocycles. The molecule has 1 saturated heterocycles. The van der Waals surface area contributed by atoms with Gasteiger partial charge in [-0.15, -0.1) is 0 Å². The first-order valence-electron chi connectivity index (χ1n) is 7.16. The van der Waals surface area contributed by atoms with Gasteiger partial charge in [0.15, 0.2) is 0 Å². The third-order valence-corrected chi connectivity index (χ3v) is 3.62. The van der Waals surface area contributed by atoms with Gasteiger partial charge >= 0.3 is 0 Å². The van der Waals surface area contributed by atoms with Gasteiger partial charge in [0.05, 0.1) is 18.5 Å². The summed E-state index contributed by atoms with van der Waals surface area (Å²) in [4.78, 5) is 14.0.